The molecule has 0 radical (unpaired) electrons. The van der Waals surface area contributed by atoms with Crippen molar-refractivity contribution < 1.29 is 0 Å². The lowest BCUT2D eigenvalue weighted by Crippen LogP contribution is -2.40. The van der Waals surface area contributed by atoms with Crippen LogP contribution >= 0.6 is 0 Å². The largest absolute Gasteiger partial charge is 0.294 e. The number of nitrogens with zero attached hydrogens (tertiary/aromatic N) is 4. The molecule has 0 aliphatic rings. The van der Waals surface area contributed by atoms with Gasteiger partial charge in [-0.15, -0.1) is 0 Å². The molecule has 0 aliphatic heterocycles. The molecule has 0 aliphatic carbocycles. The Morgan fingerprint density at radius 2 is 1.64 bits per heavy atom. The van der Waals surface area contributed by atoms with Gasteiger partial charge in [0.05, 0.1) is 18.7 Å². The minimum absolute atomic E-state index is 0.433. The Bertz CT molecular complexity index is 184. The molecule has 0 aromatic heterocycles. The first kappa shape index (κ1) is 13.3. The summed E-state index contributed by atoms with van der Waals surface area (Å²) in [4.78, 5) is 12.4. The Labute approximate surface area is 87.3 Å². The monoisotopic (exact) mass is 198 g/mol. The molecule has 0 N–H and O–H groups in total. The summed E-state index contributed by atoms with van der Waals surface area (Å²) in [6.07, 6.45) is 1.44. The van der Waals surface area contributed by atoms with E-state index in [2.05, 4.69) is 54.0 Å². The zero-order valence-corrected chi connectivity index (χ0v) is 9.99. The lowest BCUT2D eigenvalue weighted by atomic mass is 10.3. The summed E-state index contributed by atoms with van der Waals surface area (Å²) in [6, 6.07) is 2.68. The lowest BCUT2D eigenvalue weighted by Gasteiger charge is -2.29. The second-order valence-electron chi connectivity index (χ2n) is 3.65. The molecule has 0 aromatic rings. The third-order valence-electron chi connectivity index (χ3n) is 1.99. The van der Waals surface area contributed by atoms with Crippen LogP contribution in [0.3, 0.4) is 0 Å². The second-order valence-corrected chi connectivity index (χ2v) is 3.65. The highest BCUT2D eigenvalue weighted by Crippen LogP contribution is 2.02. The van der Waals surface area contributed by atoms with E-state index >= 15 is 0 Å². The predicted molar refractivity (Wildman–Crippen MR) is 61.1 cm³/mol. The molecule has 0 saturated heterocycles. The smallest absolute Gasteiger partial charge is 0.0892 e. The van der Waals surface area contributed by atoms with Crippen LogP contribution in [-0.2, 0) is 0 Å². The van der Waals surface area contributed by atoms with Gasteiger partial charge in [0.15, 0.2) is 0 Å². The minimum Gasteiger partial charge on any atom is -0.294 e. The van der Waals surface area contributed by atoms with Crippen LogP contribution in [0.25, 0.3) is 0 Å². The number of hydrogen-bond donors (Lipinski definition) is 0. The van der Waals surface area contributed by atoms with E-state index < -0.39 is 0 Å². The zero-order valence-electron chi connectivity index (χ0n) is 9.99. The maximum Gasteiger partial charge on any atom is 0.0892 e. The average molecular weight is 198 g/mol. The molecule has 0 amide bonds. The summed E-state index contributed by atoms with van der Waals surface area (Å²) < 4.78 is 0. The van der Waals surface area contributed by atoms with Gasteiger partial charge in [0, 0.05) is 6.54 Å². The highest BCUT2D eigenvalue weighted by atomic mass is 15.3. The zero-order chi connectivity index (χ0) is 11.0. The molecule has 0 fully saturated rings. The van der Waals surface area contributed by atoms with Gasteiger partial charge in [-0.3, -0.25) is 9.80 Å². The van der Waals surface area contributed by atoms with E-state index in [4.69, 9.17) is 0 Å². The summed E-state index contributed by atoms with van der Waals surface area (Å²) >= 11 is 0. The third-order valence-corrected chi connectivity index (χ3v) is 1.99. The van der Waals surface area contributed by atoms with Crippen LogP contribution in [0.5, 0.6) is 0 Å². The van der Waals surface area contributed by atoms with Crippen LogP contribution in [0, 0.1) is 0 Å². The minimum atomic E-state index is 0.433. The van der Waals surface area contributed by atoms with E-state index in [1.165, 1.54) is 0 Å². The van der Waals surface area contributed by atoms with Gasteiger partial charge >= 0.3 is 0 Å². The molecule has 0 aromatic carbocycles. The molecule has 4 nitrogen and oxygen atoms in total. The first-order valence-corrected chi connectivity index (χ1v) is 5.00. The van der Waals surface area contributed by atoms with Gasteiger partial charge in [0.2, 0.25) is 0 Å². The molecule has 4 heteroatoms. The van der Waals surface area contributed by atoms with E-state index in [9.17, 15) is 0 Å². The van der Waals surface area contributed by atoms with Crippen molar-refractivity contribution in [1.29, 1.82) is 0 Å². The summed E-state index contributed by atoms with van der Waals surface area (Å²) in [5.74, 6) is 0. The molecule has 0 heterocycles. The van der Waals surface area contributed by atoms with Gasteiger partial charge < -0.3 is 0 Å². The SMILES string of the molecule is CCN=C=NCCC(N(C)C)N(C)C. The quantitative estimate of drug-likeness (QED) is 0.471. The van der Waals surface area contributed by atoms with Gasteiger partial charge in [-0.2, -0.15) is 0 Å². The first-order valence-electron chi connectivity index (χ1n) is 5.00. The molecule has 0 bridgehead atoms. The van der Waals surface area contributed by atoms with E-state index in [1.807, 2.05) is 6.92 Å². The Kier molecular flexibility index (Phi) is 7.30. The van der Waals surface area contributed by atoms with E-state index in [-0.39, 0.29) is 0 Å². The van der Waals surface area contributed by atoms with Gasteiger partial charge in [0.25, 0.3) is 0 Å². The van der Waals surface area contributed by atoms with Crippen LogP contribution in [-0.4, -0.2) is 63.3 Å². The van der Waals surface area contributed by atoms with Gasteiger partial charge in [0.1, 0.15) is 0 Å². The fraction of sp³-hybridized carbons (Fsp3) is 0.900. The molecule has 0 spiro atoms. The predicted octanol–water partition coefficient (Wildman–Crippen LogP) is 1.02. The standard InChI is InChI=1S/C10H22N4/c1-6-11-9-12-8-7-10(13(2)3)14(4)5/h10H,6-8H2,1-5H3. The van der Waals surface area contributed by atoms with E-state index in [0.29, 0.717) is 6.17 Å². The Morgan fingerprint density at radius 3 is 2.07 bits per heavy atom. The summed E-state index contributed by atoms with van der Waals surface area (Å²) in [5.41, 5.74) is 0. The van der Waals surface area contributed by atoms with Crippen molar-refractivity contribution in [1.82, 2.24) is 9.80 Å². The lowest BCUT2D eigenvalue weighted by molar-refractivity contribution is 0.123. The first-order chi connectivity index (χ1) is 6.59. The van der Waals surface area contributed by atoms with Crippen molar-refractivity contribution in [3.63, 3.8) is 0 Å². The second kappa shape index (κ2) is 7.68. The number of rotatable bonds is 6. The van der Waals surface area contributed by atoms with Crippen molar-refractivity contribution in [2.75, 3.05) is 41.3 Å². The van der Waals surface area contributed by atoms with Gasteiger partial charge in [-0.25, -0.2) is 9.98 Å². The van der Waals surface area contributed by atoms with E-state index in [0.717, 1.165) is 19.5 Å². The Morgan fingerprint density at radius 1 is 1.07 bits per heavy atom. The number of aliphatic imine (C=N–C) groups is 2. The molecular weight excluding hydrogens is 176 g/mol. The molecule has 0 rings (SSSR count). The van der Waals surface area contributed by atoms with Crippen molar-refractivity contribution in [3.8, 4) is 0 Å². The molecule has 0 atom stereocenters. The van der Waals surface area contributed by atoms with Crippen molar-refractivity contribution in [2.45, 2.75) is 19.5 Å². The highest BCUT2D eigenvalue weighted by molar-refractivity contribution is 5.40. The van der Waals surface area contributed by atoms with Gasteiger partial charge in [-0.05, 0) is 41.5 Å². The molecule has 0 saturated carbocycles. The van der Waals surface area contributed by atoms with Crippen LogP contribution < -0.4 is 0 Å². The molecule has 14 heavy (non-hydrogen) atoms. The van der Waals surface area contributed by atoms with Crippen molar-refractivity contribution >= 4 is 6.01 Å². The fourth-order valence-electron chi connectivity index (χ4n) is 1.33. The molecule has 0 unspecified atom stereocenters. The highest BCUT2D eigenvalue weighted by Gasteiger charge is 2.12. The molecular formula is C10H22N4. The van der Waals surface area contributed by atoms with E-state index in [1.54, 1.807) is 0 Å². The normalized spacial score (nSPS) is 10.9. The summed E-state index contributed by atoms with van der Waals surface area (Å²) in [7, 11) is 8.31. The van der Waals surface area contributed by atoms with Crippen LogP contribution in [0.2, 0.25) is 0 Å². The summed E-state index contributed by atoms with van der Waals surface area (Å²) in [6.45, 7) is 3.52. The maximum atomic E-state index is 4.10. The average Bonchev–Trinajstić information content (AvgIpc) is 2.09. The third kappa shape index (κ3) is 5.86. The maximum absolute atomic E-state index is 4.10. The summed E-state index contributed by atoms with van der Waals surface area (Å²) in [5, 5.41) is 0. The van der Waals surface area contributed by atoms with Gasteiger partial charge in [-0.1, -0.05) is 0 Å². The fourth-order valence-corrected chi connectivity index (χ4v) is 1.33. The topological polar surface area (TPSA) is 31.2 Å². The van der Waals surface area contributed by atoms with Crippen LogP contribution in [0.15, 0.2) is 9.98 Å². The number of hydrogen-bond acceptors (Lipinski definition) is 4. The van der Waals surface area contributed by atoms with Crippen LogP contribution in [0.4, 0.5) is 0 Å². The Balaban J connectivity index is 3.89. The van der Waals surface area contributed by atoms with Crippen LogP contribution in [0.1, 0.15) is 13.3 Å². The molecule has 82 valence electrons. The van der Waals surface area contributed by atoms with Crippen molar-refractivity contribution in [3.05, 3.63) is 0 Å². The van der Waals surface area contributed by atoms with Crippen molar-refractivity contribution in [2.24, 2.45) is 9.98 Å². The Hall–Kier alpha value is -0.700.